The Morgan fingerprint density at radius 2 is 1.79 bits per heavy atom. The van der Waals surface area contributed by atoms with Gasteiger partial charge in [0.2, 0.25) is 0 Å². The van der Waals surface area contributed by atoms with E-state index in [4.69, 9.17) is 0 Å². The lowest BCUT2D eigenvalue weighted by molar-refractivity contribution is 0.0298. The third-order valence-corrected chi connectivity index (χ3v) is 5.53. The van der Waals surface area contributed by atoms with Gasteiger partial charge in [0.1, 0.15) is 0 Å². The summed E-state index contributed by atoms with van der Waals surface area (Å²) < 4.78 is 0. The minimum absolute atomic E-state index is 0.0217. The first kappa shape index (κ1) is 15.1. The molecule has 0 spiro atoms. The summed E-state index contributed by atoms with van der Waals surface area (Å²) in [4.78, 5) is 0. The normalized spacial score (nSPS) is 32.6. The van der Waals surface area contributed by atoms with Crippen LogP contribution in [0.1, 0.15) is 77.0 Å². The molecule has 2 fully saturated rings. The number of rotatable bonds is 7. The number of aliphatic hydroxyl groups is 1. The summed E-state index contributed by atoms with van der Waals surface area (Å²) in [5, 5.41) is 10.4. The van der Waals surface area contributed by atoms with Crippen LogP contribution in [0.25, 0.3) is 0 Å². The van der Waals surface area contributed by atoms with Crippen molar-refractivity contribution in [2.75, 3.05) is 0 Å². The summed E-state index contributed by atoms with van der Waals surface area (Å²) in [6, 6.07) is 0. The van der Waals surface area contributed by atoms with Gasteiger partial charge in [-0.15, -0.1) is 6.58 Å². The number of aliphatic hydroxyl groups excluding tert-OH is 1. The number of allylic oxidation sites excluding steroid dienone is 1. The van der Waals surface area contributed by atoms with Gasteiger partial charge < -0.3 is 5.11 Å². The van der Waals surface area contributed by atoms with E-state index in [1.165, 1.54) is 64.2 Å². The Morgan fingerprint density at radius 1 is 1.00 bits per heavy atom. The van der Waals surface area contributed by atoms with Gasteiger partial charge in [0.15, 0.2) is 0 Å². The van der Waals surface area contributed by atoms with Crippen LogP contribution in [0, 0.1) is 17.8 Å². The topological polar surface area (TPSA) is 20.2 Å². The Balaban J connectivity index is 1.65. The maximum absolute atomic E-state index is 10.4. The second kappa shape index (κ2) is 8.09. The van der Waals surface area contributed by atoms with E-state index in [1.807, 2.05) is 6.08 Å². The second-order valence-corrected chi connectivity index (χ2v) is 6.87. The van der Waals surface area contributed by atoms with E-state index >= 15 is 0 Å². The maximum Gasteiger partial charge on any atom is 0.0568 e. The van der Waals surface area contributed by atoms with Crippen LogP contribution >= 0.6 is 0 Å². The summed E-state index contributed by atoms with van der Waals surface area (Å²) in [5.74, 6) is 2.56. The molecular formula is C18H32O. The predicted octanol–water partition coefficient (Wildman–Crippen LogP) is 5.09. The molecule has 0 aliphatic heterocycles. The molecule has 0 amide bonds. The van der Waals surface area contributed by atoms with Crippen LogP contribution in [0.2, 0.25) is 0 Å². The number of fused-ring (bicyclic) bond motifs is 1. The van der Waals surface area contributed by atoms with Gasteiger partial charge in [0.25, 0.3) is 0 Å². The summed E-state index contributed by atoms with van der Waals surface area (Å²) in [7, 11) is 0. The molecule has 0 saturated heterocycles. The Bertz CT molecular complexity index is 260. The van der Waals surface area contributed by atoms with Crippen molar-refractivity contribution in [3.8, 4) is 0 Å². The van der Waals surface area contributed by atoms with E-state index in [9.17, 15) is 5.11 Å². The highest BCUT2D eigenvalue weighted by molar-refractivity contribution is 4.85. The first-order valence-electron chi connectivity index (χ1n) is 8.60. The third-order valence-electron chi connectivity index (χ3n) is 5.53. The fraction of sp³-hybridized carbons (Fsp3) is 0.889. The van der Waals surface area contributed by atoms with Crippen LogP contribution in [-0.2, 0) is 0 Å². The summed E-state index contributed by atoms with van der Waals surface area (Å²) >= 11 is 0. The van der Waals surface area contributed by atoms with E-state index in [0.29, 0.717) is 5.92 Å². The molecule has 0 aromatic rings. The van der Waals surface area contributed by atoms with Gasteiger partial charge >= 0.3 is 0 Å². The van der Waals surface area contributed by atoms with E-state index in [1.54, 1.807) is 0 Å². The van der Waals surface area contributed by atoms with Crippen molar-refractivity contribution in [3.63, 3.8) is 0 Å². The van der Waals surface area contributed by atoms with Gasteiger partial charge in [-0.1, -0.05) is 44.6 Å². The first-order valence-corrected chi connectivity index (χ1v) is 8.60. The lowest BCUT2D eigenvalue weighted by Gasteiger charge is -2.40. The molecule has 1 nitrogen and oxygen atoms in total. The zero-order valence-corrected chi connectivity index (χ0v) is 12.5. The fourth-order valence-electron chi connectivity index (χ4n) is 4.31. The second-order valence-electron chi connectivity index (χ2n) is 6.87. The zero-order chi connectivity index (χ0) is 13.5. The SMILES string of the molecule is C=CCCCCCC(O)C1CCC2CCCCC2C1. The molecule has 4 atom stereocenters. The van der Waals surface area contributed by atoms with Crippen LogP contribution in [0.3, 0.4) is 0 Å². The molecule has 1 N–H and O–H groups in total. The van der Waals surface area contributed by atoms with Crippen LogP contribution < -0.4 is 0 Å². The van der Waals surface area contributed by atoms with Gasteiger partial charge in [-0.25, -0.2) is 0 Å². The molecule has 2 aliphatic rings. The van der Waals surface area contributed by atoms with Gasteiger partial charge in [0, 0.05) is 0 Å². The monoisotopic (exact) mass is 264 g/mol. The highest BCUT2D eigenvalue weighted by Crippen LogP contribution is 2.44. The lowest BCUT2D eigenvalue weighted by atomic mass is 9.66. The van der Waals surface area contributed by atoms with Gasteiger partial charge in [-0.3, -0.25) is 0 Å². The molecule has 2 saturated carbocycles. The van der Waals surface area contributed by atoms with Gasteiger partial charge in [-0.05, 0) is 56.3 Å². The minimum Gasteiger partial charge on any atom is -0.393 e. The van der Waals surface area contributed by atoms with Crippen LogP contribution in [0.15, 0.2) is 12.7 Å². The molecule has 19 heavy (non-hydrogen) atoms. The van der Waals surface area contributed by atoms with E-state index < -0.39 is 0 Å². The standard InChI is InChI=1S/C18H32O/c1-2-3-4-5-6-11-18(19)17-13-12-15-9-7-8-10-16(15)14-17/h2,15-19H,1,3-14H2. The minimum atomic E-state index is -0.0217. The molecular weight excluding hydrogens is 232 g/mol. The van der Waals surface area contributed by atoms with E-state index in [0.717, 1.165) is 24.7 Å². The largest absolute Gasteiger partial charge is 0.393 e. The summed E-state index contributed by atoms with van der Waals surface area (Å²) in [5.41, 5.74) is 0. The quantitative estimate of drug-likeness (QED) is 0.501. The van der Waals surface area contributed by atoms with Crippen LogP contribution in [0.5, 0.6) is 0 Å². The van der Waals surface area contributed by atoms with Crippen molar-refractivity contribution in [3.05, 3.63) is 12.7 Å². The lowest BCUT2D eigenvalue weighted by Crippen LogP contribution is -2.33. The molecule has 2 rings (SSSR count). The van der Waals surface area contributed by atoms with Crippen LogP contribution in [-0.4, -0.2) is 11.2 Å². The smallest absolute Gasteiger partial charge is 0.0568 e. The molecule has 1 heteroatoms. The van der Waals surface area contributed by atoms with Crippen molar-refractivity contribution < 1.29 is 5.11 Å². The van der Waals surface area contributed by atoms with Crippen molar-refractivity contribution in [1.82, 2.24) is 0 Å². The molecule has 0 bridgehead atoms. The summed E-state index contributed by atoms with van der Waals surface area (Å²) in [6.07, 6.45) is 17.6. The van der Waals surface area contributed by atoms with Gasteiger partial charge in [-0.2, -0.15) is 0 Å². The fourth-order valence-corrected chi connectivity index (χ4v) is 4.31. The van der Waals surface area contributed by atoms with Crippen molar-refractivity contribution in [1.29, 1.82) is 0 Å². The highest BCUT2D eigenvalue weighted by Gasteiger charge is 2.34. The zero-order valence-electron chi connectivity index (χ0n) is 12.5. The molecule has 110 valence electrons. The van der Waals surface area contributed by atoms with Crippen LogP contribution in [0.4, 0.5) is 0 Å². The maximum atomic E-state index is 10.4. The van der Waals surface area contributed by atoms with Gasteiger partial charge in [0.05, 0.1) is 6.10 Å². The third kappa shape index (κ3) is 4.63. The van der Waals surface area contributed by atoms with Crippen molar-refractivity contribution in [2.45, 2.75) is 83.2 Å². The number of hydrogen-bond donors (Lipinski definition) is 1. The average molecular weight is 264 g/mol. The molecule has 0 aromatic heterocycles. The molecule has 0 aromatic carbocycles. The highest BCUT2D eigenvalue weighted by atomic mass is 16.3. The average Bonchev–Trinajstić information content (AvgIpc) is 2.46. The van der Waals surface area contributed by atoms with E-state index in [2.05, 4.69) is 6.58 Å². The first-order chi connectivity index (χ1) is 9.31. The molecule has 0 heterocycles. The molecule has 2 aliphatic carbocycles. The predicted molar refractivity (Wildman–Crippen MR) is 82.1 cm³/mol. The Hall–Kier alpha value is -0.300. The Kier molecular flexibility index (Phi) is 6.43. The van der Waals surface area contributed by atoms with Crippen molar-refractivity contribution in [2.24, 2.45) is 17.8 Å². The van der Waals surface area contributed by atoms with E-state index in [-0.39, 0.29) is 6.10 Å². The Morgan fingerprint density at radius 3 is 2.58 bits per heavy atom. The summed E-state index contributed by atoms with van der Waals surface area (Å²) in [6.45, 7) is 3.76. The number of hydrogen-bond acceptors (Lipinski definition) is 1. The van der Waals surface area contributed by atoms with Crippen molar-refractivity contribution >= 4 is 0 Å². The molecule has 0 radical (unpaired) electrons. The Labute approximate surface area is 119 Å². The number of unbranched alkanes of at least 4 members (excludes halogenated alkanes) is 3. The molecule has 4 unspecified atom stereocenters.